The van der Waals surface area contributed by atoms with Crippen LogP contribution in [0.2, 0.25) is 0 Å². The average Bonchev–Trinajstić information content (AvgIpc) is 3.63. The standard InChI is InChI=1S/C29H41N7O/c1-23(2)18-34-14-8-29(9-15-34)10-16-35(22-29)19-24-4-6-25(7-5-24)28(37)36(20-26-30-11-12-31-26)21-27-32-13-17-33(27)3/h4-7,11-13,17,23H,8-10,14-16,18-22H2,1-3H3,(H,30,31)/p+1. The molecule has 4 heterocycles. The Morgan fingerprint density at radius 1 is 1.05 bits per heavy atom. The van der Waals surface area contributed by atoms with E-state index in [2.05, 4.69) is 50.7 Å². The molecule has 2 saturated heterocycles. The molecule has 2 aliphatic heterocycles. The van der Waals surface area contributed by atoms with Gasteiger partial charge in [-0.15, -0.1) is 0 Å². The van der Waals surface area contributed by atoms with Crippen molar-refractivity contribution in [3.63, 3.8) is 0 Å². The number of likely N-dealkylation sites (tertiary alicyclic amines) is 2. The van der Waals surface area contributed by atoms with Gasteiger partial charge in [-0.1, -0.05) is 26.0 Å². The number of carbonyl (C=O) groups excluding carboxylic acids is 1. The van der Waals surface area contributed by atoms with Gasteiger partial charge in [0.25, 0.3) is 11.7 Å². The van der Waals surface area contributed by atoms with Gasteiger partial charge in [-0.05, 0) is 67.9 Å². The van der Waals surface area contributed by atoms with Gasteiger partial charge in [-0.3, -0.25) is 9.69 Å². The zero-order chi connectivity index (χ0) is 25.8. The lowest BCUT2D eigenvalue weighted by molar-refractivity contribution is -0.678. The van der Waals surface area contributed by atoms with Gasteiger partial charge < -0.3 is 14.8 Å². The maximum Gasteiger partial charge on any atom is 0.273 e. The first-order valence-electron chi connectivity index (χ1n) is 13.7. The zero-order valence-electron chi connectivity index (χ0n) is 22.6. The molecule has 198 valence electrons. The summed E-state index contributed by atoms with van der Waals surface area (Å²) in [5, 5.41) is 0. The Kier molecular flexibility index (Phi) is 7.76. The number of benzene rings is 1. The summed E-state index contributed by atoms with van der Waals surface area (Å²) in [6, 6.07) is 8.22. The quantitative estimate of drug-likeness (QED) is 0.439. The third kappa shape index (κ3) is 6.30. The molecule has 0 saturated carbocycles. The lowest BCUT2D eigenvalue weighted by atomic mass is 9.77. The maximum absolute atomic E-state index is 13.5. The number of amides is 1. The number of H-pyrrole nitrogens is 2. The highest BCUT2D eigenvalue weighted by Gasteiger charge is 2.40. The van der Waals surface area contributed by atoms with Crippen molar-refractivity contribution in [3.05, 3.63) is 71.8 Å². The van der Waals surface area contributed by atoms with Crippen LogP contribution in [0.25, 0.3) is 0 Å². The van der Waals surface area contributed by atoms with Gasteiger partial charge >= 0.3 is 0 Å². The number of aryl methyl sites for hydroxylation is 1. The van der Waals surface area contributed by atoms with Crippen LogP contribution in [0, 0.1) is 11.3 Å². The number of nitrogens with one attached hydrogen (secondary N) is 2. The third-order valence-corrected chi connectivity index (χ3v) is 8.16. The van der Waals surface area contributed by atoms with Gasteiger partial charge in [0.15, 0.2) is 0 Å². The zero-order valence-corrected chi connectivity index (χ0v) is 22.6. The largest absolute Gasteiger partial charge is 0.347 e. The summed E-state index contributed by atoms with van der Waals surface area (Å²) in [6.07, 6.45) is 11.3. The molecule has 2 aliphatic rings. The number of imidazole rings is 2. The molecule has 1 spiro atoms. The van der Waals surface area contributed by atoms with Crippen molar-refractivity contribution in [1.29, 1.82) is 0 Å². The SMILES string of the molecule is CC(C)CN1CCC2(CC1)CCN(Cc1ccc(C(=O)N(Cc3ncc[nH]3)Cc3[nH]cc[n+]3C)cc1)C2. The summed E-state index contributed by atoms with van der Waals surface area (Å²) in [5.74, 6) is 2.50. The molecular weight excluding hydrogens is 462 g/mol. The Balaban J connectivity index is 1.19. The maximum atomic E-state index is 13.5. The van der Waals surface area contributed by atoms with E-state index in [1.54, 1.807) is 12.4 Å². The smallest absolute Gasteiger partial charge is 0.273 e. The van der Waals surface area contributed by atoms with Crippen LogP contribution in [0.4, 0.5) is 0 Å². The molecule has 8 nitrogen and oxygen atoms in total. The molecule has 3 aromatic rings. The lowest BCUT2D eigenvalue weighted by Crippen LogP contribution is -2.42. The first-order valence-corrected chi connectivity index (χ1v) is 13.7. The van der Waals surface area contributed by atoms with Crippen molar-refractivity contribution in [2.24, 2.45) is 18.4 Å². The molecule has 0 radical (unpaired) electrons. The van der Waals surface area contributed by atoms with Gasteiger partial charge in [0, 0.05) is 37.6 Å². The minimum atomic E-state index is 0.00540. The molecule has 0 aliphatic carbocycles. The van der Waals surface area contributed by atoms with Crippen LogP contribution in [0.3, 0.4) is 0 Å². The van der Waals surface area contributed by atoms with Crippen molar-refractivity contribution < 1.29 is 9.36 Å². The van der Waals surface area contributed by atoms with Gasteiger partial charge in [0.1, 0.15) is 24.8 Å². The molecule has 0 bridgehead atoms. The minimum absolute atomic E-state index is 0.00540. The molecule has 2 N–H and O–H groups in total. The van der Waals surface area contributed by atoms with Gasteiger partial charge in [-0.25, -0.2) is 14.5 Å². The van der Waals surface area contributed by atoms with Crippen LogP contribution in [-0.2, 0) is 26.7 Å². The molecule has 5 rings (SSSR count). The fourth-order valence-corrected chi connectivity index (χ4v) is 6.03. The molecule has 1 aromatic carbocycles. The number of nitrogens with zero attached hydrogens (tertiary/aromatic N) is 5. The van der Waals surface area contributed by atoms with Crippen LogP contribution in [0.1, 0.15) is 60.7 Å². The number of hydrogen-bond acceptors (Lipinski definition) is 4. The van der Waals surface area contributed by atoms with E-state index in [9.17, 15) is 4.79 Å². The Bertz CT molecular complexity index is 1140. The molecule has 1 amide bonds. The van der Waals surface area contributed by atoms with Crippen LogP contribution in [-0.4, -0.2) is 68.3 Å². The summed E-state index contributed by atoms with van der Waals surface area (Å²) in [6.45, 7) is 12.6. The first-order chi connectivity index (χ1) is 17.9. The van der Waals surface area contributed by atoms with E-state index >= 15 is 0 Å². The topological polar surface area (TPSA) is 75.1 Å². The van der Waals surface area contributed by atoms with Gasteiger partial charge in [0.2, 0.25) is 0 Å². The fourth-order valence-electron chi connectivity index (χ4n) is 6.03. The molecule has 0 unspecified atom stereocenters. The normalized spacial score (nSPS) is 18.2. The average molecular weight is 505 g/mol. The van der Waals surface area contributed by atoms with Crippen molar-refractivity contribution in [3.8, 4) is 0 Å². The number of carbonyl (C=O) groups is 1. The van der Waals surface area contributed by atoms with Crippen LogP contribution >= 0.6 is 0 Å². The minimum Gasteiger partial charge on any atom is -0.347 e. The van der Waals surface area contributed by atoms with E-state index in [0.717, 1.165) is 24.1 Å². The Labute approximate surface area is 220 Å². The van der Waals surface area contributed by atoms with Crippen LogP contribution < -0.4 is 4.57 Å². The predicted molar refractivity (Wildman–Crippen MR) is 143 cm³/mol. The van der Waals surface area contributed by atoms with E-state index < -0.39 is 0 Å². The van der Waals surface area contributed by atoms with E-state index in [1.165, 1.54) is 57.5 Å². The number of aromatic nitrogens is 4. The molecule has 0 atom stereocenters. The van der Waals surface area contributed by atoms with Crippen LogP contribution in [0.5, 0.6) is 0 Å². The number of aromatic amines is 2. The van der Waals surface area contributed by atoms with E-state index in [1.807, 2.05) is 41.0 Å². The lowest BCUT2D eigenvalue weighted by Gasteiger charge is -2.40. The van der Waals surface area contributed by atoms with Crippen molar-refractivity contribution in [1.82, 2.24) is 29.7 Å². The summed E-state index contributed by atoms with van der Waals surface area (Å²) < 4.78 is 2.00. The molecule has 8 heteroatoms. The second kappa shape index (κ2) is 11.2. The van der Waals surface area contributed by atoms with Crippen molar-refractivity contribution in [2.75, 3.05) is 32.7 Å². The monoisotopic (exact) mass is 504 g/mol. The third-order valence-electron chi connectivity index (χ3n) is 8.16. The molecule has 37 heavy (non-hydrogen) atoms. The highest BCUT2D eigenvalue weighted by atomic mass is 16.2. The van der Waals surface area contributed by atoms with E-state index in [0.29, 0.717) is 24.1 Å². The Morgan fingerprint density at radius 3 is 2.41 bits per heavy atom. The summed E-state index contributed by atoms with van der Waals surface area (Å²) in [5.41, 5.74) is 2.49. The fraction of sp³-hybridized carbons (Fsp3) is 0.552. The Hall–Kier alpha value is -2.97. The van der Waals surface area contributed by atoms with Crippen molar-refractivity contribution in [2.45, 2.75) is 52.7 Å². The van der Waals surface area contributed by atoms with E-state index in [-0.39, 0.29) is 5.91 Å². The van der Waals surface area contributed by atoms with Gasteiger partial charge in [0.05, 0.1) is 13.6 Å². The second-order valence-corrected chi connectivity index (χ2v) is 11.6. The predicted octanol–water partition coefficient (Wildman–Crippen LogP) is 3.35. The van der Waals surface area contributed by atoms with Crippen LogP contribution in [0.15, 0.2) is 49.1 Å². The molecular formula is C29H42N7O+. The summed E-state index contributed by atoms with van der Waals surface area (Å²) in [4.78, 5) is 31.3. The summed E-state index contributed by atoms with van der Waals surface area (Å²) in [7, 11) is 1.98. The van der Waals surface area contributed by atoms with Crippen molar-refractivity contribution >= 4 is 5.91 Å². The second-order valence-electron chi connectivity index (χ2n) is 11.6. The van der Waals surface area contributed by atoms with Gasteiger partial charge in [-0.2, -0.15) is 0 Å². The first kappa shape index (κ1) is 25.7. The summed E-state index contributed by atoms with van der Waals surface area (Å²) >= 11 is 0. The number of hydrogen-bond donors (Lipinski definition) is 2. The molecule has 2 aromatic heterocycles. The Morgan fingerprint density at radius 2 is 1.78 bits per heavy atom. The van der Waals surface area contributed by atoms with E-state index in [4.69, 9.17) is 0 Å². The highest BCUT2D eigenvalue weighted by molar-refractivity contribution is 5.94. The molecule has 2 fully saturated rings. The highest BCUT2D eigenvalue weighted by Crippen LogP contribution is 2.40. The number of rotatable bonds is 9. The number of piperidine rings is 1.